The second kappa shape index (κ2) is 9.40. The summed E-state index contributed by atoms with van der Waals surface area (Å²) < 4.78 is 2.20. The van der Waals surface area contributed by atoms with Crippen molar-refractivity contribution in [3.8, 4) is 6.07 Å². The first kappa shape index (κ1) is 20.6. The van der Waals surface area contributed by atoms with Crippen molar-refractivity contribution < 1.29 is 0 Å². The van der Waals surface area contributed by atoms with Crippen molar-refractivity contribution in [3.05, 3.63) is 78.4 Å². The molecule has 5 heteroatoms. The van der Waals surface area contributed by atoms with E-state index >= 15 is 0 Å². The molecule has 0 fully saturated rings. The van der Waals surface area contributed by atoms with E-state index in [-0.39, 0.29) is 6.04 Å². The highest BCUT2D eigenvalue weighted by Gasteiger charge is 2.28. The number of nitriles is 1. The maximum absolute atomic E-state index is 8.94. The van der Waals surface area contributed by atoms with Crippen LogP contribution >= 0.6 is 0 Å². The molecule has 2 atom stereocenters. The molecule has 5 nitrogen and oxygen atoms in total. The average molecular weight is 388 g/mol. The summed E-state index contributed by atoms with van der Waals surface area (Å²) in [5.41, 5.74) is 3.91. The Hall–Kier alpha value is -3.10. The number of anilines is 2. The van der Waals surface area contributed by atoms with Gasteiger partial charge in [-0.05, 0) is 69.3 Å². The highest BCUT2D eigenvalue weighted by atomic mass is 15.2. The summed E-state index contributed by atoms with van der Waals surface area (Å²) in [7, 11) is 2.20. The van der Waals surface area contributed by atoms with Crippen molar-refractivity contribution in [1.29, 1.82) is 5.26 Å². The molecule has 0 aliphatic rings. The number of nitrogens with zero attached hydrogens (tertiary/aromatic N) is 4. The highest BCUT2D eigenvalue weighted by molar-refractivity contribution is 5.60. The fourth-order valence-corrected chi connectivity index (χ4v) is 3.70. The summed E-state index contributed by atoms with van der Waals surface area (Å²) in [4.78, 5) is 6.72. The predicted molar refractivity (Wildman–Crippen MR) is 118 cm³/mol. The number of rotatable bonds is 8. The normalized spacial score (nSPS) is 13.3. The molecule has 3 aromatic rings. The summed E-state index contributed by atoms with van der Waals surface area (Å²) in [5, 5.41) is 12.3. The Morgan fingerprint density at radius 2 is 1.69 bits per heavy atom. The zero-order valence-electron chi connectivity index (χ0n) is 17.6. The van der Waals surface area contributed by atoms with Gasteiger partial charge in [0.05, 0.1) is 24.0 Å². The monoisotopic (exact) mass is 387 g/mol. The molecule has 0 bridgehead atoms. The van der Waals surface area contributed by atoms with Crippen LogP contribution in [0, 0.1) is 11.3 Å². The van der Waals surface area contributed by atoms with E-state index in [0.29, 0.717) is 17.6 Å². The van der Waals surface area contributed by atoms with Gasteiger partial charge in [0.2, 0.25) is 0 Å². The molecule has 2 unspecified atom stereocenters. The van der Waals surface area contributed by atoms with Crippen molar-refractivity contribution in [3.63, 3.8) is 0 Å². The largest absolute Gasteiger partial charge is 0.356 e. The number of imidazole rings is 1. The van der Waals surface area contributed by atoms with Crippen LogP contribution in [0.4, 0.5) is 11.4 Å². The van der Waals surface area contributed by atoms with Crippen LogP contribution in [0.3, 0.4) is 0 Å². The molecule has 1 N–H and O–H groups in total. The van der Waals surface area contributed by atoms with Crippen LogP contribution in [-0.4, -0.2) is 33.6 Å². The van der Waals surface area contributed by atoms with E-state index in [1.54, 1.807) is 0 Å². The molecule has 0 aliphatic carbocycles. The maximum atomic E-state index is 8.94. The van der Waals surface area contributed by atoms with Gasteiger partial charge in [-0.1, -0.05) is 19.1 Å². The Balaban J connectivity index is 1.86. The average Bonchev–Trinajstić information content (AvgIpc) is 3.27. The highest BCUT2D eigenvalue weighted by Crippen LogP contribution is 2.29. The molecule has 0 spiro atoms. The Labute approximate surface area is 173 Å². The van der Waals surface area contributed by atoms with E-state index in [1.807, 2.05) is 43.0 Å². The van der Waals surface area contributed by atoms with E-state index in [1.165, 1.54) is 5.56 Å². The SMILES string of the molecule is CCC(C(c1ccc(Nc2ccc(C#N)cc2)cc1)n1ccnc1)N(C)C(C)C. The van der Waals surface area contributed by atoms with E-state index in [4.69, 9.17) is 5.26 Å². The van der Waals surface area contributed by atoms with Gasteiger partial charge in [0, 0.05) is 35.9 Å². The van der Waals surface area contributed by atoms with Gasteiger partial charge in [-0.25, -0.2) is 4.98 Å². The van der Waals surface area contributed by atoms with Crippen molar-refractivity contribution in [2.24, 2.45) is 0 Å². The summed E-state index contributed by atoms with van der Waals surface area (Å²) in [6.07, 6.45) is 6.84. The fraction of sp³-hybridized carbons (Fsp3) is 0.333. The summed E-state index contributed by atoms with van der Waals surface area (Å²) in [6.45, 7) is 6.71. The Kier molecular flexibility index (Phi) is 6.69. The van der Waals surface area contributed by atoms with E-state index in [9.17, 15) is 0 Å². The quantitative estimate of drug-likeness (QED) is 0.577. The number of hydrogen-bond donors (Lipinski definition) is 1. The molecule has 29 heavy (non-hydrogen) atoms. The van der Waals surface area contributed by atoms with Crippen LogP contribution < -0.4 is 5.32 Å². The molecule has 0 radical (unpaired) electrons. The molecule has 2 aromatic carbocycles. The lowest BCUT2D eigenvalue weighted by Crippen LogP contribution is -2.42. The van der Waals surface area contributed by atoms with Crippen LogP contribution in [0.1, 0.15) is 44.4 Å². The minimum Gasteiger partial charge on any atom is -0.356 e. The molecule has 3 rings (SSSR count). The van der Waals surface area contributed by atoms with Crippen molar-refractivity contribution in [2.75, 3.05) is 12.4 Å². The molecule has 0 aliphatic heterocycles. The fourth-order valence-electron chi connectivity index (χ4n) is 3.70. The third kappa shape index (κ3) is 4.85. The van der Waals surface area contributed by atoms with Gasteiger partial charge in [0.15, 0.2) is 0 Å². The summed E-state index contributed by atoms with van der Waals surface area (Å²) in [6, 6.07) is 19.2. The molecular weight excluding hydrogens is 358 g/mol. The Bertz CT molecular complexity index is 921. The van der Waals surface area contributed by atoms with Crippen molar-refractivity contribution >= 4 is 11.4 Å². The molecule has 0 saturated carbocycles. The lowest BCUT2D eigenvalue weighted by atomic mass is 9.95. The lowest BCUT2D eigenvalue weighted by Gasteiger charge is -2.37. The van der Waals surface area contributed by atoms with Crippen molar-refractivity contribution in [2.45, 2.75) is 45.3 Å². The topological polar surface area (TPSA) is 56.9 Å². The molecule has 0 saturated heterocycles. The molecular formula is C24H29N5. The number of aromatic nitrogens is 2. The van der Waals surface area contributed by atoms with Gasteiger partial charge >= 0.3 is 0 Å². The smallest absolute Gasteiger partial charge is 0.0991 e. The van der Waals surface area contributed by atoms with E-state index < -0.39 is 0 Å². The van der Waals surface area contributed by atoms with Gasteiger partial charge in [-0.3, -0.25) is 4.90 Å². The minimum absolute atomic E-state index is 0.193. The number of hydrogen-bond acceptors (Lipinski definition) is 4. The van der Waals surface area contributed by atoms with Crippen LogP contribution in [0.25, 0.3) is 0 Å². The van der Waals surface area contributed by atoms with Gasteiger partial charge in [0.1, 0.15) is 0 Å². The second-order valence-electron chi connectivity index (χ2n) is 7.63. The minimum atomic E-state index is 0.193. The molecule has 1 heterocycles. The molecule has 150 valence electrons. The summed E-state index contributed by atoms with van der Waals surface area (Å²) in [5.74, 6) is 0. The van der Waals surface area contributed by atoms with Gasteiger partial charge in [-0.2, -0.15) is 5.26 Å². The van der Waals surface area contributed by atoms with Gasteiger partial charge in [0.25, 0.3) is 0 Å². The lowest BCUT2D eigenvalue weighted by molar-refractivity contribution is 0.152. The number of benzene rings is 2. The first-order chi connectivity index (χ1) is 14.0. The third-order valence-corrected chi connectivity index (χ3v) is 5.52. The Morgan fingerprint density at radius 3 is 2.17 bits per heavy atom. The standard InChI is InChI=1S/C24H29N5/c1-5-23(28(4)18(2)3)24(29-15-14-26-17-29)20-8-12-22(13-9-20)27-21-10-6-19(16-25)7-11-21/h6-15,17-18,23-24,27H,5H2,1-4H3. The van der Waals surface area contributed by atoms with E-state index in [2.05, 4.69) is 77.9 Å². The van der Waals surface area contributed by atoms with Crippen LogP contribution in [-0.2, 0) is 0 Å². The van der Waals surface area contributed by atoms with E-state index in [0.717, 1.165) is 17.8 Å². The maximum Gasteiger partial charge on any atom is 0.0991 e. The zero-order valence-corrected chi connectivity index (χ0v) is 17.6. The third-order valence-electron chi connectivity index (χ3n) is 5.52. The van der Waals surface area contributed by atoms with Gasteiger partial charge in [-0.15, -0.1) is 0 Å². The first-order valence-electron chi connectivity index (χ1n) is 10.1. The van der Waals surface area contributed by atoms with Crippen LogP contribution in [0.5, 0.6) is 0 Å². The Morgan fingerprint density at radius 1 is 1.07 bits per heavy atom. The van der Waals surface area contributed by atoms with Crippen LogP contribution in [0.15, 0.2) is 67.3 Å². The predicted octanol–water partition coefficient (Wildman–Crippen LogP) is 5.21. The molecule has 0 amide bonds. The summed E-state index contributed by atoms with van der Waals surface area (Å²) >= 11 is 0. The van der Waals surface area contributed by atoms with Crippen molar-refractivity contribution in [1.82, 2.24) is 14.5 Å². The second-order valence-corrected chi connectivity index (χ2v) is 7.63. The number of likely N-dealkylation sites (N-methyl/N-ethyl adjacent to an activating group) is 1. The first-order valence-corrected chi connectivity index (χ1v) is 10.1. The number of nitrogens with one attached hydrogen (secondary N) is 1. The molecule has 1 aromatic heterocycles. The van der Waals surface area contributed by atoms with Crippen LogP contribution in [0.2, 0.25) is 0 Å². The van der Waals surface area contributed by atoms with Gasteiger partial charge < -0.3 is 9.88 Å². The zero-order chi connectivity index (χ0) is 20.8.